The van der Waals surface area contributed by atoms with Crippen molar-refractivity contribution in [1.82, 2.24) is 9.78 Å². The molecule has 1 N–H and O–H groups in total. The first kappa shape index (κ1) is 15.6. The number of nitrogens with one attached hydrogen (secondary N) is 1. The van der Waals surface area contributed by atoms with E-state index in [0.29, 0.717) is 36.1 Å². The molecular weight excluding hydrogens is 268 g/mol. The average Bonchev–Trinajstić information content (AvgIpc) is 2.66. The van der Waals surface area contributed by atoms with Gasteiger partial charge in [-0.1, -0.05) is 13.8 Å². The van der Waals surface area contributed by atoms with E-state index in [9.17, 15) is 14.3 Å². The van der Waals surface area contributed by atoms with Crippen molar-refractivity contribution in [1.29, 1.82) is 0 Å². The van der Waals surface area contributed by atoms with E-state index in [2.05, 4.69) is 10.4 Å². The second kappa shape index (κ2) is 7.22. The molecule has 8 heteroatoms. The van der Waals surface area contributed by atoms with Gasteiger partial charge in [-0.05, 0) is 13.3 Å². The Balaban J connectivity index is 2.88. The van der Waals surface area contributed by atoms with Crippen LogP contribution in [-0.4, -0.2) is 37.0 Å². The molecule has 1 aromatic rings. The Morgan fingerprint density at radius 1 is 1.47 bits per heavy atom. The molecule has 0 spiro atoms. The molecule has 7 nitrogen and oxygen atoms in total. The van der Waals surface area contributed by atoms with Gasteiger partial charge >= 0.3 is 5.69 Å². The van der Waals surface area contributed by atoms with Gasteiger partial charge in [0.25, 0.3) is 0 Å². The molecule has 1 unspecified atom stereocenters. The van der Waals surface area contributed by atoms with Crippen LogP contribution in [0.5, 0.6) is 0 Å². The third kappa shape index (κ3) is 4.02. The predicted molar refractivity (Wildman–Crippen MR) is 75.9 cm³/mol. The number of aryl methyl sites for hydroxylation is 2. The van der Waals surface area contributed by atoms with Crippen LogP contribution in [0.1, 0.15) is 26.0 Å². The molecule has 108 valence electrons. The lowest BCUT2D eigenvalue weighted by Crippen LogP contribution is -2.15. The number of hydrogen-bond acceptors (Lipinski definition) is 5. The smallest absolute Gasteiger partial charge is 0.333 e. The summed E-state index contributed by atoms with van der Waals surface area (Å²) in [5.41, 5.74) is 0.410. The Bertz CT molecular complexity index is 473. The number of hydrogen-bond donors (Lipinski definition) is 1. The maximum absolute atomic E-state index is 11.4. The first-order valence-electron chi connectivity index (χ1n) is 6.31. The molecule has 1 heterocycles. The number of nitro groups is 1. The molecule has 0 aromatic carbocycles. The molecule has 1 aromatic heterocycles. The van der Waals surface area contributed by atoms with Gasteiger partial charge in [-0.2, -0.15) is 5.10 Å². The quantitative estimate of drug-likeness (QED) is 0.580. The number of aromatic nitrogens is 2. The molecule has 0 aliphatic rings. The molecule has 1 atom stereocenters. The minimum atomic E-state index is -0.884. The second-order valence-corrected chi connectivity index (χ2v) is 5.99. The maximum Gasteiger partial charge on any atom is 0.333 e. The van der Waals surface area contributed by atoms with Crippen LogP contribution in [0.4, 0.5) is 11.5 Å². The van der Waals surface area contributed by atoms with Gasteiger partial charge in [0.05, 0.1) is 4.92 Å². The summed E-state index contributed by atoms with van der Waals surface area (Å²) >= 11 is 0. The molecular formula is C11H20N4O3S. The fraction of sp³-hybridized carbons (Fsp3) is 0.727. The number of nitrogens with zero attached hydrogens (tertiary/aromatic N) is 3. The number of rotatable bonds is 8. The molecule has 0 aliphatic carbocycles. The van der Waals surface area contributed by atoms with Gasteiger partial charge in [0.15, 0.2) is 0 Å². The fourth-order valence-electron chi connectivity index (χ4n) is 1.77. The zero-order chi connectivity index (χ0) is 14.4. The summed E-state index contributed by atoms with van der Waals surface area (Å²) in [4.78, 5) is 10.6. The first-order chi connectivity index (χ1) is 9.01. The molecule has 0 saturated carbocycles. The van der Waals surface area contributed by atoms with E-state index >= 15 is 0 Å². The van der Waals surface area contributed by atoms with Gasteiger partial charge in [-0.25, -0.2) is 4.68 Å². The van der Waals surface area contributed by atoms with Crippen molar-refractivity contribution in [2.45, 2.75) is 33.7 Å². The highest BCUT2D eigenvalue weighted by molar-refractivity contribution is 7.84. The Morgan fingerprint density at radius 2 is 2.16 bits per heavy atom. The Labute approximate surface area is 115 Å². The van der Waals surface area contributed by atoms with E-state index < -0.39 is 15.7 Å². The van der Waals surface area contributed by atoms with Crippen LogP contribution in [0.3, 0.4) is 0 Å². The van der Waals surface area contributed by atoms with E-state index in [1.165, 1.54) is 0 Å². The monoisotopic (exact) mass is 288 g/mol. The van der Waals surface area contributed by atoms with Crippen LogP contribution in [0.25, 0.3) is 0 Å². The summed E-state index contributed by atoms with van der Waals surface area (Å²) < 4.78 is 13.0. The minimum absolute atomic E-state index is 0.00994. The zero-order valence-corrected chi connectivity index (χ0v) is 12.3. The molecule has 0 radical (unpaired) electrons. The number of anilines is 1. The summed E-state index contributed by atoms with van der Waals surface area (Å²) in [6.45, 7) is 6.52. The molecule has 0 saturated heterocycles. The average molecular weight is 288 g/mol. The van der Waals surface area contributed by atoms with Gasteiger partial charge in [-0.15, -0.1) is 0 Å². The standard InChI is InChI=1S/C11H20N4O3S/c1-4-7-14-11(12-6-8-19(18)5-2)10(15(16)17)9(3)13-14/h12H,4-8H2,1-3H3. The van der Waals surface area contributed by atoms with Gasteiger partial charge in [0.1, 0.15) is 5.69 Å². The van der Waals surface area contributed by atoms with Crippen molar-refractivity contribution in [3.05, 3.63) is 15.8 Å². The molecule has 0 bridgehead atoms. The van der Waals surface area contributed by atoms with Crippen LogP contribution >= 0.6 is 0 Å². The third-order valence-corrected chi connectivity index (χ3v) is 3.96. The van der Waals surface area contributed by atoms with Crippen LogP contribution in [0, 0.1) is 17.0 Å². The van der Waals surface area contributed by atoms with E-state index in [1.54, 1.807) is 11.6 Å². The minimum Gasteiger partial charge on any atom is -0.364 e. The first-order valence-corrected chi connectivity index (χ1v) is 7.80. The second-order valence-electron chi connectivity index (χ2n) is 4.12. The van der Waals surface area contributed by atoms with E-state index in [-0.39, 0.29) is 5.69 Å². The highest BCUT2D eigenvalue weighted by Gasteiger charge is 2.24. The lowest BCUT2D eigenvalue weighted by Gasteiger charge is -2.08. The topological polar surface area (TPSA) is 90.1 Å². The van der Waals surface area contributed by atoms with Gasteiger partial charge in [0.2, 0.25) is 5.82 Å². The van der Waals surface area contributed by atoms with E-state index in [0.717, 1.165) is 6.42 Å². The van der Waals surface area contributed by atoms with Crippen molar-refractivity contribution >= 4 is 22.3 Å². The van der Waals surface area contributed by atoms with Gasteiger partial charge < -0.3 is 5.32 Å². The summed E-state index contributed by atoms with van der Waals surface area (Å²) in [6, 6.07) is 0. The lowest BCUT2D eigenvalue weighted by molar-refractivity contribution is -0.384. The fourth-order valence-corrected chi connectivity index (χ4v) is 2.39. The molecule has 0 amide bonds. The van der Waals surface area contributed by atoms with Gasteiger partial charge in [0, 0.05) is 35.4 Å². The Hall–Kier alpha value is -1.44. The van der Waals surface area contributed by atoms with Crippen molar-refractivity contribution in [2.24, 2.45) is 0 Å². The van der Waals surface area contributed by atoms with Crippen LogP contribution in [0.15, 0.2) is 0 Å². The largest absolute Gasteiger partial charge is 0.364 e. The van der Waals surface area contributed by atoms with E-state index in [1.807, 2.05) is 13.8 Å². The maximum atomic E-state index is 11.4. The van der Waals surface area contributed by atoms with Gasteiger partial charge in [-0.3, -0.25) is 14.3 Å². The summed E-state index contributed by atoms with van der Waals surface area (Å²) in [5, 5.41) is 18.2. The highest BCUT2D eigenvalue weighted by Crippen LogP contribution is 2.28. The van der Waals surface area contributed by atoms with Crippen molar-refractivity contribution < 1.29 is 9.13 Å². The summed E-state index contributed by atoms with van der Waals surface area (Å²) in [5.74, 6) is 1.48. The molecule has 0 fully saturated rings. The van der Waals surface area contributed by atoms with Crippen LogP contribution in [-0.2, 0) is 17.3 Å². The molecule has 19 heavy (non-hydrogen) atoms. The molecule has 1 rings (SSSR count). The zero-order valence-electron chi connectivity index (χ0n) is 11.5. The summed E-state index contributed by atoms with van der Waals surface area (Å²) in [6.07, 6.45) is 0.841. The van der Waals surface area contributed by atoms with Crippen molar-refractivity contribution in [3.8, 4) is 0 Å². The normalized spacial score (nSPS) is 12.4. The third-order valence-electron chi connectivity index (χ3n) is 2.66. The van der Waals surface area contributed by atoms with Crippen LogP contribution < -0.4 is 5.32 Å². The van der Waals surface area contributed by atoms with Crippen molar-refractivity contribution in [3.63, 3.8) is 0 Å². The SMILES string of the molecule is CCCn1nc(C)c([N+](=O)[O-])c1NCCS(=O)CC. The van der Waals surface area contributed by atoms with Crippen LogP contribution in [0.2, 0.25) is 0 Å². The van der Waals surface area contributed by atoms with Crippen molar-refractivity contribution in [2.75, 3.05) is 23.4 Å². The predicted octanol–water partition coefficient (Wildman–Crippen LogP) is 1.69. The van der Waals surface area contributed by atoms with E-state index in [4.69, 9.17) is 0 Å². The summed E-state index contributed by atoms with van der Waals surface area (Å²) in [7, 11) is -0.884. The highest BCUT2D eigenvalue weighted by atomic mass is 32.2. The molecule has 0 aliphatic heterocycles. The Morgan fingerprint density at radius 3 is 2.68 bits per heavy atom. The Kier molecular flexibility index (Phi) is 5.94. The lowest BCUT2D eigenvalue weighted by atomic mass is 10.4.